The molecule has 2 aliphatic rings. The van der Waals surface area contributed by atoms with Crippen LogP contribution in [0, 0.1) is 11.3 Å². The number of rotatable bonds is 6. The van der Waals surface area contributed by atoms with Gasteiger partial charge in [0.15, 0.2) is 21.3 Å². The highest BCUT2D eigenvalue weighted by molar-refractivity contribution is 7.91. The first kappa shape index (κ1) is 24.2. The number of amides is 2. The van der Waals surface area contributed by atoms with Crippen molar-refractivity contribution in [1.29, 1.82) is 5.26 Å². The first-order valence-electron chi connectivity index (χ1n) is 11.0. The maximum absolute atomic E-state index is 13.3. The van der Waals surface area contributed by atoms with Crippen LogP contribution in [0.3, 0.4) is 0 Å². The molecule has 0 aromatic heterocycles. The van der Waals surface area contributed by atoms with E-state index >= 15 is 0 Å². The summed E-state index contributed by atoms with van der Waals surface area (Å²) in [6.45, 7) is 1.89. The zero-order valence-electron chi connectivity index (χ0n) is 19.4. The molecule has 2 aromatic carbocycles. The van der Waals surface area contributed by atoms with E-state index in [0.29, 0.717) is 23.7 Å². The molecule has 35 heavy (non-hydrogen) atoms. The van der Waals surface area contributed by atoms with Gasteiger partial charge in [0.1, 0.15) is 18.2 Å². The Morgan fingerprint density at radius 3 is 2.49 bits per heavy atom. The predicted octanol–water partition coefficient (Wildman–Crippen LogP) is 3.05. The maximum Gasteiger partial charge on any atom is 0.271 e. The second-order valence-corrected chi connectivity index (χ2v) is 10.6. The maximum atomic E-state index is 13.3. The van der Waals surface area contributed by atoms with Gasteiger partial charge in [-0.15, -0.1) is 0 Å². The third kappa shape index (κ3) is 4.98. The first-order chi connectivity index (χ1) is 16.7. The number of methoxy groups -OCH3 is 1. The Hall–Kier alpha value is -3.90. The summed E-state index contributed by atoms with van der Waals surface area (Å²) in [4.78, 5) is 27.1. The number of sulfone groups is 1. The Balaban J connectivity index is 1.66. The van der Waals surface area contributed by atoms with Gasteiger partial charge in [-0.25, -0.2) is 8.42 Å². The van der Waals surface area contributed by atoms with Crippen molar-refractivity contribution in [2.75, 3.05) is 18.6 Å². The molecule has 1 saturated heterocycles. The molecule has 0 radical (unpaired) electrons. The normalized spacial score (nSPS) is 20.8. The van der Waals surface area contributed by atoms with Gasteiger partial charge in [-0.05, 0) is 48.3 Å². The van der Waals surface area contributed by atoms with Crippen molar-refractivity contribution in [2.45, 2.75) is 26.0 Å². The largest absolute Gasteiger partial charge is 0.493 e. The SMILES string of the molecule is COc1cc(C=C2C(=O)N(C3CCS(=O)(=O)C3)C(=O)C(C#N)=C2C)ccc1OCc1ccccc1. The fraction of sp³-hybridized carbons (Fsp3) is 0.269. The van der Waals surface area contributed by atoms with Gasteiger partial charge >= 0.3 is 0 Å². The topological polar surface area (TPSA) is 114 Å². The summed E-state index contributed by atoms with van der Waals surface area (Å²) in [5.74, 6) is -0.785. The quantitative estimate of drug-likeness (QED) is 0.450. The summed E-state index contributed by atoms with van der Waals surface area (Å²) in [5, 5.41) is 9.59. The van der Waals surface area contributed by atoms with Crippen molar-refractivity contribution in [3.63, 3.8) is 0 Å². The molecule has 2 aliphatic heterocycles. The van der Waals surface area contributed by atoms with Gasteiger partial charge in [0.25, 0.3) is 11.8 Å². The van der Waals surface area contributed by atoms with Gasteiger partial charge in [0.05, 0.1) is 24.7 Å². The Morgan fingerprint density at radius 2 is 1.86 bits per heavy atom. The van der Waals surface area contributed by atoms with Crippen LogP contribution < -0.4 is 9.47 Å². The lowest BCUT2D eigenvalue weighted by Crippen LogP contribution is -2.49. The second-order valence-electron chi connectivity index (χ2n) is 8.39. The third-order valence-electron chi connectivity index (χ3n) is 6.08. The minimum atomic E-state index is -3.34. The van der Waals surface area contributed by atoms with Gasteiger partial charge < -0.3 is 9.47 Å². The highest BCUT2D eigenvalue weighted by Crippen LogP contribution is 2.33. The minimum absolute atomic E-state index is 0.0972. The number of nitrogens with zero attached hydrogens (tertiary/aromatic N) is 2. The van der Waals surface area contributed by atoms with E-state index in [4.69, 9.17) is 9.47 Å². The average Bonchev–Trinajstić information content (AvgIpc) is 3.20. The minimum Gasteiger partial charge on any atom is -0.493 e. The summed E-state index contributed by atoms with van der Waals surface area (Å²) in [6, 6.07) is 15.9. The molecular weight excluding hydrogens is 468 g/mol. The van der Waals surface area contributed by atoms with Crippen LogP contribution in [0.4, 0.5) is 0 Å². The lowest BCUT2D eigenvalue weighted by Gasteiger charge is -2.31. The molecule has 1 fully saturated rings. The van der Waals surface area contributed by atoms with E-state index in [1.165, 1.54) is 14.0 Å². The van der Waals surface area contributed by atoms with Crippen molar-refractivity contribution in [1.82, 2.24) is 4.90 Å². The highest BCUT2D eigenvalue weighted by Gasteiger charge is 2.43. The Labute approximate surface area is 204 Å². The Morgan fingerprint density at radius 1 is 1.11 bits per heavy atom. The van der Waals surface area contributed by atoms with Crippen LogP contribution in [0.1, 0.15) is 24.5 Å². The van der Waals surface area contributed by atoms with Gasteiger partial charge in [-0.3, -0.25) is 14.5 Å². The molecule has 1 unspecified atom stereocenters. The molecule has 180 valence electrons. The molecule has 4 rings (SSSR count). The van der Waals surface area contributed by atoms with Crippen LogP contribution in [0.5, 0.6) is 11.5 Å². The number of carbonyl (C=O) groups is 2. The van der Waals surface area contributed by atoms with Crippen LogP contribution in [-0.2, 0) is 26.0 Å². The summed E-state index contributed by atoms with van der Waals surface area (Å²) >= 11 is 0. The van der Waals surface area contributed by atoms with Crippen molar-refractivity contribution in [2.24, 2.45) is 0 Å². The highest BCUT2D eigenvalue weighted by atomic mass is 32.2. The summed E-state index contributed by atoms with van der Waals surface area (Å²) in [6.07, 6.45) is 1.73. The standard InChI is InChI=1S/C26H24N2O6S/c1-17-21(25(29)28(26(30)22(17)14-27)20-10-11-35(31,32)16-20)12-19-8-9-23(24(13-19)33-2)34-15-18-6-4-3-5-7-18/h3-9,12-13,20H,10-11,15-16H2,1-2H3. The Kier molecular flexibility index (Phi) is 6.76. The molecular formula is C26H24N2O6S. The molecule has 1 atom stereocenters. The van der Waals surface area contributed by atoms with Crippen LogP contribution in [-0.4, -0.2) is 49.8 Å². The molecule has 0 bridgehead atoms. The smallest absolute Gasteiger partial charge is 0.271 e. The third-order valence-corrected chi connectivity index (χ3v) is 7.83. The molecule has 0 spiro atoms. The van der Waals surface area contributed by atoms with Gasteiger partial charge in [0.2, 0.25) is 0 Å². The fourth-order valence-corrected chi connectivity index (χ4v) is 5.91. The van der Waals surface area contributed by atoms with E-state index in [1.54, 1.807) is 24.3 Å². The van der Waals surface area contributed by atoms with Crippen molar-refractivity contribution in [3.05, 3.63) is 76.4 Å². The zero-order valence-corrected chi connectivity index (χ0v) is 20.2. The number of nitriles is 1. The van der Waals surface area contributed by atoms with Crippen LogP contribution in [0.2, 0.25) is 0 Å². The monoisotopic (exact) mass is 492 g/mol. The van der Waals surface area contributed by atoms with E-state index in [0.717, 1.165) is 10.5 Å². The van der Waals surface area contributed by atoms with Crippen LogP contribution in [0.25, 0.3) is 6.08 Å². The summed E-state index contributed by atoms with van der Waals surface area (Å²) in [7, 11) is -1.83. The number of hydrogen-bond acceptors (Lipinski definition) is 7. The summed E-state index contributed by atoms with van der Waals surface area (Å²) < 4.78 is 35.3. The number of carbonyl (C=O) groups excluding carboxylic acids is 2. The molecule has 2 amide bonds. The predicted molar refractivity (Wildman–Crippen MR) is 129 cm³/mol. The number of benzene rings is 2. The molecule has 0 saturated carbocycles. The zero-order chi connectivity index (χ0) is 25.2. The van der Waals surface area contributed by atoms with Gasteiger partial charge in [0, 0.05) is 5.57 Å². The van der Waals surface area contributed by atoms with Gasteiger partial charge in [-0.2, -0.15) is 5.26 Å². The number of imide groups is 1. The molecule has 0 N–H and O–H groups in total. The number of ether oxygens (including phenoxy) is 2. The number of hydrogen-bond donors (Lipinski definition) is 0. The molecule has 0 aliphatic carbocycles. The Bertz CT molecular complexity index is 1390. The average molecular weight is 493 g/mol. The van der Waals surface area contributed by atoms with Crippen molar-refractivity contribution < 1.29 is 27.5 Å². The van der Waals surface area contributed by atoms with Crippen molar-refractivity contribution in [3.8, 4) is 17.6 Å². The van der Waals surface area contributed by atoms with E-state index in [1.807, 2.05) is 36.4 Å². The van der Waals surface area contributed by atoms with Crippen molar-refractivity contribution >= 4 is 27.7 Å². The van der Waals surface area contributed by atoms with E-state index < -0.39 is 27.7 Å². The lowest BCUT2D eigenvalue weighted by molar-refractivity contribution is -0.142. The lowest BCUT2D eigenvalue weighted by atomic mass is 9.92. The van der Waals surface area contributed by atoms with Gasteiger partial charge in [-0.1, -0.05) is 36.4 Å². The first-order valence-corrected chi connectivity index (χ1v) is 12.8. The van der Waals surface area contributed by atoms with E-state index in [9.17, 15) is 23.3 Å². The fourth-order valence-electron chi connectivity index (χ4n) is 4.21. The molecule has 9 heteroatoms. The second kappa shape index (κ2) is 9.76. The van der Waals surface area contributed by atoms with E-state index in [-0.39, 0.29) is 34.6 Å². The molecule has 8 nitrogen and oxygen atoms in total. The van der Waals surface area contributed by atoms with Crippen LogP contribution in [0.15, 0.2) is 65.3 Å². The van der Waals surface area contributed by atoms with Crippen LogP contribution >= 0.6 is 0 Å². The van der Waals surface area contributed by atoms with E-state index in [2.05, 4.69) is 0 Å². The summed E-state index contributed by atoms with van der Waals surface area (Å²) in [5.41, 5.74) is 1.84. The molecule has 2 heterocycles. The molecule has 2 aromatic rings.